The van der Waals surface area contributed by atoms with Gasteiger partial charge < -0.3 is 24.8 Å². The lowest BCUT2D eigenvalue weighted by atomic mass is 9.97. The summed E-state index contributed by atoms with van der Waals surface area (Å²) in [5.74, 6) is 1.32. The number of nitrogens with two attached hydrogens (primary N) is 1. The minimum Gasteiger partial charge on any atom is -0.496 e. The van der Waals surface area contributed by atoms with E-state index in [9.17, 15) is 0 Å². The van der Waals surface area contributed by atoms with Crippen LogP contribution in [0.15, 0.2) is 28.7 Å². The molecule has 2 N–H and O–H groups in total. The van der Waals surface area contributed by atoms with Gasteiger partial charge in [0, 0.05) is 41.8 Å². The molecule has 0 fully saturated rings. The molecule has 3 aromatic rings. The summed E-state index contributed by atoms with van der Waals surface area (Å²) in [7, 11) is 7.88. The smallest absolute Gasteiger partial charge is 0.201 e. The average molecular weight is 511 g/mol. The summed E-state index contributed by atoms with van der Waals surface area (Å²) in [5.41, 5.74) is 12.6. The minimum absolute atomic E-state index is 0. The van der Waals surface area contributed by atoms with Gasteiger partial charge in [-0.15, -0.1) is 12.4 Å². The molecule has 1 heterocycles. The van der Waals surface area contributed by atoms with Crippen LogP contribution in [0.25, 0.3) is 22.2 Å². The number of aromatic nitrogens is 2. The van der Waals surface area contributed by atoms with E-state index < -0.39 is 0 Å². The fourth-order valence-corrected chi connectivity index (χ4v) is 4.48. The van der Waals surface area contributed by atoms with Gasteiger partial charge in [-0.2, -0.15) is 0 Å². The predicted octanol–water partition coefficient (Wildman–Crippen LogP) is 5.10. The molecule has 0 amide bonds. The molecule has 0 saturated heterocycles. The maximum Gasteiger partial charge on any atom is 0.201 e. The topological polar surface area (TPSA) is 59.6 Å². The van der Waals surface area contributed by atoms with Crippen molar-refractivity contribution in [2.75, 3.05) is 44.9 Å². The number of fused-ring (bicyclic) bond motifs is 1. The van der Waals surface area contributed by atoms with Gasteiger partial charge in [0.05, 0.1) is 18.3 Å². The molecule has 0 aliphatic carbocycles. The first kappa shape index (κ1) is 25.3. The molecule has 0 unspecified atom stereocenters. The Labute approximate surface area is 199 Å². The van der Waals surface area contributed by atoms with E-state index in [4.69, 9.17) is 15.5 Å². The van der Waals surface area contributed by atoms with Crippen LogP contribution >= 0.6 is 28.3 Å². The summed E-state index contributed by atoms with van der Waals surface area (Å²) in [4.78, 5) is 9.38. The summed E-state index contributed by atoms with van der Waals surface area (Å²) in [6.07, 6.45) is 0. The first-order chi connectivity index (χ1) is 14.1. The van der Waals surface area contributed by atoms with Crippen LogP contribution in [0.3, 0.4) is 0 Å². The molecule has 1 aromatic heterocycles. The van der Waals surface area contributed by atoms with Crippen LogP contribution in [0, 0.1) is 6.92 Å². The van der Waals surface area contributed by atoms with Crippen LogP contribution in [0.4, 0.5) is 11.6 Å². The second kappa shape index (κ2) is 10.1. The highest BCUT2D eigenvalue weighted by atomic mass is 79.9. The molecule has 2 aromatic carbocycles. The number of likely N-dealkylation sites (N-methyl/N-ethyl adjacent to an activating group) is 1. The Morgan fingerprint density at radius 3 is 2.45 bits per heavy atom. The highest BCUT2D eigenvalue weighted by Gasteiger charge is 2.22. The standard InChI is InChI=1S/C23H32BrN5O.ClH/c1-14(2)29(11-10-27(4)5)18-9-8-17(21-22(18)28(6)23(25)26-21)20-15(3)12-16(24)13-19(20)30-7;/h8-9,12-14H,10-11H2,1-7H3,(H2,25,26);1H. The van der Waals surface area contributed by atoms with E-state index >= 15 is 0 Å². The van der Waals surface area contributed by atoms with Gasteiger partial charge in [-0.3, -0.25) is 0 Å². The molecule has 8 heteroatoms. The van der Waals surface area contributed by atoms with Crippen LogP contribution in [-0.4, -0.2) is 54.8 Å². The SMILES string of the molecule is COc1cc(Br)cc(C)c1-c1ccc(N(CCN(C)C)C(C)C)c2c1nc(N)n2C.Cl. The number of nitrogens with zero attached hydrogens (tertiary/aromatic N) is 4. The van der Waals surface area contributed by atoms with E-state index in [1.165, 1.54) is 0 Å². The molecule has 3 rings (SSSR count). The molecule has 0 bridgehead atoms. The zero-order chi connectivity index (χ0) is 22.2. The van der Waals surface area contributed by atoms with E-state index in [1.807, 2.05) is 17.7 Å². The summed E-state index contributed by atoms with van der Waals surface area (Å²) in [6, 6.07) is 8.77. The summed E-state index contributed by atoms with van der Waals surface area (Å²) in [5, 5.41) is 0. The molecule has 31 heavy (non-hydrogen) atoms. The fourth-order valence-electron chi connectivity index (χ4n) is 3.93. The molecule has 0 saturated carbocycles. The van der Waals surface area contributed by atoms with Crippen molar-refractivity contribution in [2.24, 2.45) is 7.05 Å². The van der Waals surface area contributed by atoms with Gasteiger partial charge in [-0.25, -0.2) is 4.98 Å². The molecule has 0 aliphatic rings. The third-order valence-electron chi connectivity index (χ3n) is 5.51. The van der Waals surface area contributed by atoms with Gasteiger partial charge in [0.1, 0.15) is 11.3 Å². The number of halogens is 2. The maximum atomic E-state index is 6.29. The highest BCUT2D eigenvalue weighted by molar-refractivity contribution is 9.10. The number of hydrogen-bond donors (Lipinski definition) is 1. The quantitative estimate of drug-likeness (QED) is 0.479. The number of methoxy groups -OCH3 is 1. The Hall–Kier alpha value is -1.96. The Morgan fingerprint density at radius 1 is 1.19 bits per heavy atom. The van der Waals surface area contributed by atoms with Crippen molar-refractivity contribution in [2.45, 2.75) is 26.8 Å². The number of ether oxygens (including phenoxy) is 1. The molecule has 6 nitrogen and oxygen atoms in total. The van der Waals surface area contributed by atoms with E-state index in [0.717, 1.165) is 56.7 Å². The third-order valence-corrected chi connectivity index (χ3v) is 5.97. The van der Waals surface area contributed by atoms with Gasteiger partial charge in [0.25, 0.3) is 0 Å². The normalized spacial score (nSPS) is 11.3. The van der Waals surface area contributed by atoms with Crippen LogP contribution in [0.5, 0.6) is 5.75 Å². The van der Waals surface area contributed by atoms with Crippen molar-refractivity contribution >= 4 is 51.0 Å². The number of rotatable bonds is 7. The Kier molecular flexibility index (Phi) is 8.25. The Bertz CT molecular complexity index is 1060. The van der Waals surface area contributed by atoms with Crippen molar-refractivity contribution in [1.82, 2.24) is 14.5 Å². The predicted molar refractivity (Wildman–Crippen MR) is 138 cm³/mol. The summed E-state index contributed by atoms with van der Waals surface area (Å²) >= 11 is 3.57. The second-order valence-electron chi connectivity index (χ2n) is 8.25. The molecular weight excluding hydrogens is 478 g/mol. The molecule has 0 aliphatic heterocycles. The van der Waals surface area contributed by atoms with E-state index in [-0.39, 0.29) is 12.4 Å². The third kappa shape index (κ3) is 4.94. The number of benzene rings is 2. The fraction of sp³-hybridized carbons (Fsp3) is 0.435. The number of aryl methyl sites for hydroxylation is 2. The summed E-state index contributed by atoms with van der Waals surface area (Å²) < 4.78 is 8.69. The monoisotopic (exact) mass is 509 g/mol. The number of imidazole rings is 1. The van der Waals surface area contributed by atoms with Crippen molar-refractivity contribution in [3.05, 3.63) is 34.3 Å². The second-order valence-corrected chi connectivity index (χ2v) is 9.16. The number of anilines is 2. The van der Waals surface area contributed by atoms with Crippen LogP contribution in [0.1, 0.15) is 19.4 Å². The Morgan fingerprint density at radius 2 is 1.87 bits per heavy atom. The van der Waals surface area contributed by atoms with Crippen molar-refractivity contribution in [3.8, 4) is 16.9 Å². The maximum absolute atomic E-state index is 6.29. The van der Waals surface area contributed by atoms with Gasteiger partial charge in [-0.05, 0) is 64.7 Å². The molecule has 170 valence electrons. The van der Waals surface area contributed by atoms with Crippen LogP contribution in [-0.2, 0) is 7.05 Å². The van der Waals surface area contributed by atoms with Gasteiger partial charge in [-0.1, -0.05) is 15.9 Å². The molecule has 0 atom stereocenters. The zero-order valence-electron chi connectivity index (χ0n) is 19.4. The van der Waals surface area contributed by atoms with Gasteiger partial charge in [0.15, 0.2) is 0 Å². The number of nitrogen functional groups attached to an aromatic ring is 1. The lowest BCUT2D eigenvalue weighted by molar-refractivity contribution is 0.408. The Balaban J connectivity index is 0.00000341. The van der Waals surface area contributed by atoms with Crippen molar-refractivity contribution < 1.29 is 4.74 Å². The van der Waals surface area contributed by atoms with E-state index in [2.05, 4.69) is 78.8 Å². The van der Waals surface area contributed by atoms with E-state index in [0.29, 0.717) is 12.0 Å². The van der Waals surface area contributed by atoms with Crippen molar-refractivity contribution in [3.63, 3.8) is 0 Å². The van der Waals surface area contributed by atoms with E-state index in [1.54, 1.807) is 7.11 Å². The van der Waals surface area contributed by atoms with Crippen LogP contribution < -0.4 is 15.4 Å². The largest absolute Gasteiger partial charge is 0.496 e. The van der Waals surface area contributed by atoms with Crippen LogP contribution in [0.2, 0.25) is 0 Å². The van der Waals surface area contributed by atoms with Gasteiger partial charge in [0.2, 0.25) is 5.95 Å². The number of hydrogen-bond acceptors (Lipinski definition) is 5. The zero-order valence-corrected chi connectivity index (χ0v) is 21.8. The lowest BCUT2D eigenvalue weighted by Crippen LogP contribution is -2.37. The lowest BCUT2D eigenvalue weighted by Gasteiger charge is -2.31. The first-order valence-electron chi connectivity index (χ1n) is 10.2. The minimum atomic E-state index is 0. The molecule has 0 radical (unpaired) electrons. The van der Waals surface area contributed by atoms with Crippen molar-refractivity contribution in [1.29, 1.82) is 0 Å². The first-order valence-corrected chi connectivity index (χ1v) is 11.0. The van der Waals surface area contributed by atoms with Gasteiger partial charge >= 0.3 is 0 Å². The molecule has 0 spiro atoms. The molecular formula is C23H33BrClN5O. The average Bonchev–Trinajstić information content (AvgIpc) is 2.96. The summed E-state index contributed by atoms with van der Waals surface area (Å²) in [6.45, 7) is 8.42. The highest BCUT2D eigenvalue weighted by Crippen LogP contribution is 2.42.